The summed E-state index contributed by atoms with van der Waals surface area (Å²) in [6.07, 6.45) is 0.585. The minimum absolute atomic E-state index is 0.145. The molecule has 1 fully saturated rings. The molecule has 2 rings (SSSR count). The molecule has 0 spiro atoms. The number of carboxylic acid groups (broad SMARTS) is 1. The molecule has 1 heterocycles. The highest BCUT2D eigenvalue weighted by Crippen LogP contribution is 2.23. The van der Waals surface area contributed by atoms with Gasteiger partial charge in [0.15, 0.2) is 0 Å². The molecule has 0 radical (unpaired) electrons. The number of nitriles is 1. The number of rotatable bonds is 2. The fourth-order valence-electron chi connectivity index (χ4n) is 2.72. The van der Waals surface area contributed by atoms with Crippen molar-refractivity contribution in [3.05, 3.63) is 29.3 Å². The van der Waals surface area contributed by atoms with Crippen LogP contribution in [0.3, 0.4) is 0 Å². The summed E-state index contributed by atoms with van der Waals surface area (Å²) in [6.45, 7) is 4.53. The fraction of sp³-hybridized carbons (Fsp3) is 0.438. The Balaban J connectivity index is 2.12. The molecule has 2 unspecified atom stereocenters. The van der Waals surface area contributed by atoms with Gasteiger partial charge in [-0.2, -0.15) is 5.26 Å². The van der Waals surface area contributed by atoms with E-state index in [9.17, 15) is 9.59 Å². The molecule has 2 amide bonds. The number of aliphatic carboxylic acids is 1. The van der Waals surface area contributed by atoms with Crippen LogP contribution in [0.4, 0.5) is 10.5 Å². The molecular weight excluding hydrogens is 282 g/mol. The van der Waals surface area contributed by atoms with Crippen molar-refractivity contribution in [3.8, 4) is 6.07 Å². The lowest BCUT2D eigenvalue weighted by molar-refractivity contribution is -0.143. The van der Waals surface area contributed by atoms with Gasteiger partial charge in [-0.05, 0) is 37.0 Å². The molecule has 0 bridgehead atoms. The van der Waals surface area contributed by atoms with Gasteiger partial charge in [-0.25, -0.2) is 4.79 Å². The lowest BCUT2D eigenvalue weighted by atomic mass is 9.91. The summed E-state index contributed by atoms with van der Waals surface area (Å²) < 4.78 is 0. The topological polar surface area (TPSA) is 93.4 Å². The molecule has 0 saturated carbocycles. The number of urea groups is 1. The normalized spacial score (nSPS) is 21.0. The second kappa shape index (κ2) is 6.48. The number of carbonyl (C=O) groups excluding carboxylic acids is 1. The number of benzene rings is 1. The summed E-state index contributed by atoms with van der Waals surface area (Å²) in [6, 6.07) is 6.79. The molecule has 1 aromatic carbocycles. The first-order valence-corrected chi connectivity index (χ1v) is 7.20. The molecule has 2 atom stereocenters. The molecule has 1 aliphatic rings. The van der Waals surface area contributed by atoms with Gasteiger partial charge in [-0.15, -0.1) is 0 Å². The lowest BCUT2D eigenvalue weighted by Gasteiger charge is -2.34. The van der Waals surface area contributed by atoms with E-state index in [1.54, 1.807) is 18.2 Å². The highest BCUT2D eigenvalue weighted by molar-refractivity contribution is 5.90. The average molecular weight is 301 g/mol. The van der Waals surface area contributed by atoms with Gasteiger partial charge in [-0.1, -0.05) is 13.0 Å². The Bertz CT molecular complexity index is 636. The second-order valence-corrected chi connectivity index (χ2v) is 5.85. The molecule has 1 aromatic rings. The van der Waals surface area contributed by atoms with Crippen molar-refractivity contribution in [2.45, 2.75) is 20.3 Å². The Kier molecular flexibility index (Phi) is 4.66. The molecular formula is C16H19N3O3. The zero-order chi connectivity index (χ0) is 16.3. The number of carboxylic acids is 1. The minimum Gasteiger partial charge on any atom is -0.481 e. The molecule has 2 N–H and O–H groups in total. The van der Waals surface area contributed by atoms with Gasteiger partial charge >= 0.3 is 12.0 Å². The van der Waals surface area contributed by atoms with Crippen molar-refractivity contribution in [1.82, 2.24) is 4.90 Å². The highest BCUT2D eigenvalue weighted by Gasteiger charge is 2.32. The maximum Gasteiger partial charge on any atom is 0.321 e. The molecule has 22 heavy (non-hydrogen) atoms. The van der Waals surface area contributed by atoms with Crippen LogP contribution in [-0.4, -0.2) is 35.1 Å². The zero-order valence-electron chi connectivity index (χ0n) is 12.7. The third-order valence-electron chi connectivity index (χ3n) is 3.90. The van der Waals surface area contributed by atoms with E-state index in [1.807, 2.05) is 19.9 Å². The Morgan fingerprint density at radius 1 is 1.41 bits per heavy atom. The second-order valence-electron chi connectivity index (χ2n) is 5.85. The van der Waals surface area contributed by atoms with E-state index < -0.39 is 11.9 Å². The number of nitrogens with one attached hydrogen (secondary N) is 1. The van der Waals surface area contributed by atoms with E-state index in [0.29, 0.717) is 24.2 Å². The molecule has 6 nitrogen and oxygen atoms in total. The van der Waals surface area contributed by atoms with Crippen LogP contribution < -0.4 is 5.32 Å². The van der Waals surface area contributed by atoms with Crippen molar-refractivity contribution in [2.75, 3.05) is 18.4 Å². The van der Waals surface area contributed by atoms with E-state index in [1.165, 1.54) is 4.90 Å². The van der Waals surface area contributed by atoms with Gasteiger partial charge in [0, 0.05) is 18.8 Å². The molecule has 0 aliphatic carbocycles. The number of aryl methyl sites for hydroxylation is 1. The quantitative estimate of drug-likeness (QED) is 0.877. The van der Waals surface area contributed by atoms with Crippen LogP contribution in [0.5, 0.6) is 0 Å². The fourth-order valence-corrected chi connectivity index (χ4v) is 2.72. The van der Waals surface area contributed by atoms with Crippen molar-refractivity contribution in [1.29, 1.82) is 5.26 Å². The first-order chi connectivity index (χ1) is 10.4. The van der Waals surface area contributed by atoms with E-state index >= 15 is 0 Å². The predicted molar refractivity (Wildman–Crippen MR) is 81.4 cm³/mol. The number of carbonyl (C=O) groups is 2. The average Bonchev–Trinajstić information content (AvgIpc) is 2.48. The number of hydrogen-bond acceptors (Lipinski definition) is 3. The SMILES string of the molecule is Cc1ccc(C#N)cc1NC(=O)N1CC(C)CC(C(=O)O)C1. The lowest BCUT2D eigenvalue weighted by Crippen LogP contribution is -2.47. The van der Waals surface area contributed by atoms with E-state index in [2.05, 4.69) is 5.32 Å². The van der Waals surface area contributed by atoms with Crippen molar-refractivity contribution < 1.29 is 14.7 Å². The molecule has 1 aliphatic heterocycles. The summed E-state index contributed by atoms with van der Waals surface area (Å²) in [7, 11) is 0. The van der Waals surface area contributed by atoms with Crippen LogP contribution in [0.15, 0.2) is 18.2 Å². The van der Waals surface area contributed by atoms with E-state index in [4.69, 9.17) is 10.4 Å². The summed E-state index contributed by atoms with van der Waals surface area (Å²) >= 11 is 0. The minimum atomic E-state index is -0.869. The van der Waals surface area contributed by atoms with Crippen molar-refractivity contribution in [2.24, 2.45) is 11.8 Å². The van der Waals surface area contributed by atoms with E-state index in [0.717, 1.165) is 5.56 Å². The Morgan fingerprint density at radius 3 is 2.77 bits per heavy atom. The van der Waals surface area contributed by atoms with Gasteiger partial charge in [0.25, 0.3) is 0 Å². The monoisotopic (exact) mass is 301 g/mol. The smallest absolute Gasteiger partial charge is 0.321 e. The van der Waals surface area contributed by atoms with E-state index in [-0.39, 0.29) is 18.5 Å². The standard InChI is InChI=1S/C16H19N3O3/c1-10-5-13(15(20)21)9-19(8-10)16(22)18-14-6-12(7-17)4-3-11(14)2/h3-4,6,10,13H,5,8-9H2,1-2H3,(H,18,22)(H,20,21). The summed E-state index contributed by atoms with van der Waals surface area (Å²) in [5, 5.41) is 20.9. The largest absolute Gasteiger partial charge is 0.481 e. The molecule has 1 saturated heterocycles. The van der Waals surface area contributed by atoms with Crippen LogP contribution >= 0.6 is 0 Å². The number of piperidine rings is 1. The number of hydrogen-bond donors (Lipinski definition) is 2. The number of likely N-dealkylation sites (tertiary alicyclic amines) is 1. The van der Waals surface area contributed by atoms with Gasteiger partial charge in [0.05, 0.1) is 17.6 Å². The Morgan fingerprint density at radius 2 is 2.14 bits per heavy atom. The number of nitrogens with zero attached hydrogens (tertiary/aromatic N) is 2. The summed E-state index contributed by atoms with van der Waals surface area (Å²) in [5.74, 6) is -1.25. The van der Waals surface area contributed by atoms with Crippen molar-refractivity contribution in [3.63, 3.8) is 0 Å². The third-order valence-corrected chi connectivity index (χ3v) is 3.90. The van der Waals surface area contributed by atoms with Gasteiger partial charge < -0.3 is 15.3 Å². The van der Waals surface area contributed by atoms with Crippen LogP contribution in [0.1, 0.15) is 24.5 Å². The summed E-state index contributed by atoms with van der Waals surface area (Å²) in [5.41, 5.74) is 1.90. The molecule has 6 heteroatoms. The Labute approximate surface area is 129 Å². The maximum atomic E-state index is 12.4. The first-order valence-electron chi connectivity index (χ1n) is 7.20. The van der Waals surface area contributed by atoms with Crippen molar-refractivity contribution >= 4 is 17.7 Å². The summed E-state index contributed by atoms with van der Waals surface area (Å²) in [4.78, 5) is 25.1. The zero-order valence-corrected chi connectivity index (χ0v) is 12.7. The van der Waals surface area contributed by atoms with Gasteiger partial charge in [-0.3, -0.25) is 4.79 Å². The first kappa shape index (κ1) is 15.8. The number of anilines is 1. The predicted octanol–water partition coefficient (Wildman–Crippen LogP) is 2.44. The van der Waals surface area contributed by atoms with Crippen LogP contribution in [0.25, 0.3) is 0 Å². The maximum absolute atomic E-state index is 12.4. The number of amides is 2. The van der Waals surface area contributed by atoms with Crippen LogP contribution in [0, 0.1) is 30.1 Å². The highest BCUT2D eigenvalue weighted by atomic mass is 16.4. The van der Waals surface area contributed by atoms with Crippen LogP contribution in [-0.2, 0) is 4.79 Å². The molecule has 116 valence electrons. The van der Waals surface area contributed by atoms with Crippen LogP contribution in [0.2, 0.25) is 0 Å². The third kappa shape index (κ3) is 3.55. The molecule has 0 aromatic heterocycles. The van der Waals surface area contributed by atoms with Gasteiger partial charge in [0.2, 0.25) is 0 Å². The van der Waals surface area contributed by atoms with Gasteiger partial charge in [0.1, 0.15) is 0 Å². The Hall–Kier alpha value is -2.55.